The molecule has 2 saturated carbocycles. The minimum atomic E-state index is -0.273. The molecule has 0 aliphatic heterocycles. The van der Waals surface area contributed by atoms with E-state index in [0.29, 0.717) is 17.4 Å². The van der Waals surface area contributed by atoms with Crippen LogP contribution in [0.4, 0.5) is 8.78 Å². The summed E-state index contributed by atoms with van der Waals surface area (Å²) in [6.45, 7) is 6.06. The number of hydrogen-bond acceptors (Lipinski definition) is 0. The summed E-state index contributed by atoms with van der Waals surface area (Å²) in [5, 5.41) is 1.24. The van der Waals surface area contributed by atoms with Gasteiger partial charge < -0.3 is 0 Å². The highest BCUT2D eigenvalue weighted by atomic mass is 19.1. The molecular formula is C25H30F2. The van der Waals surface area contributed by atoms with Gasteiger partial charge in [0, 0.05) is 5.39 Å². The number of aryl methyl sites for hydroxylation is 1. The summed E-state index contributed by atoms with van der Waals surface area (Å²) in [7, 11) is 0. The van der Waals surface area contributed by atoms with Crippen LogP contribution in [0.2, 0.25) is 0 Å². The Bertz CT molecular complexity index is 838. The van der Waals surface area contributed by atoms with E-state index < -0.39 is 0 Å². The van der Waals surface area contributed by atoms with Crippen LogP contribution in [0.15, 0.2) is 36.9 Å². The number of benzene rings is 2. The quantitative estimate of drug-likeness (QED) is 0.489. The summed E-state index contributed by atoms with van der Waals surface area (Å²) in [6, 6.07) is 7.16. The predicted octanol–water partition coefficient (Wildman–Crippen LogP) is 7.56. The molecular weight excluding hydrogens is 338 g/mol. The van der Waals surface area contributed by atoms with Crippen molar-refractivity contribution in [2.24, 2.45) is 17.8 Å². The van der Waals surface area contributed by atoms with Crippen LogP contribution in [0, 0.1) is 29.4 Å². The van der Waals surface area contributed by atoms with Crippen LogP contribution in [-0.4, -0.2) is 0 Å². The normalized spacial score (nSPS) is 28.1. The van der Waals surface area contributed by atoms with Gasteiger partial charge in [0.25, 0.3) is 0 Å². The molecule has 0 heterocycles. The standard InChI is InChI=1S/C25H30F2/c1-3-4-5-17-8-10-21-14-22(24(26)15-23(21)25(17)27)20-11-9-18-12-16(2)6-7-19(18)13-20/h3,8,10,14-16,18-20H,1,4-7,9,11-13H2,2H3. The molecule has 4 unspecified atom stereocenters. The molecule has 0 amide bonds. The van der Waals surface area contributed by atoms with Crippen LogP contribution in [0.25, 0.3) is 10.8 Å². The van der Waals surface area contributed by atoms with Crippen molar-refractivity contribution >= 4 is 10.8 Å². The molecule has 0 bridgehead atoms. The SMILES string of the molecule is C=CCCc1ccc2cc(C3CCC4CC(C)CCC4C3)c(F)cc2c1F. The first-order valence-electron chi connectivity index (χ1n) is 10.6. The van der Waals surface area contributed by atoms with Crippen LogP contribution < -0.4 is 0 Å². The van der Waals surface area contributed by atoms with Gasteiger partial charge in [-0.05, 0) is 97.3 Å². The lowest BCUT2D eigenvalue weighted by Crippen LogP contribution is -2.29. The van der Waals surface area contributed by atoms with Crippen LogP contribution in [0.1, 0.15) is 68.9 Å². The summed E-state index contributed by atoms with van der Waals surface area (Å²) >= 11 is 0. The lowest BCUT2D eigenvalue weighted by Gasteiger charge is -2.41. The van der Waals surface area contributed by atoms with Crippen molar-refractivity contribution in [1.29, 1.82) is 0 Å². The fraction of sp³-hybridized carbons (Fsp3) is 0.520. The third-order valence-electron chi connectivity index (χ3n) is 7.08. The van der Waals surface area contributed by atoms with Gasteiger partial charge in [0.1, 0.15) is 11.6 Å². The van der Waals surface area contributed by atoms with Crippen molar-refractivity contribution in [2.45, 2.75) is 64.2 Å². The van der Waals surface area contributed by atoms with E-state index >= 15 is 0 Å². The highest BCUT2D eigenvalue weighted by molar-refractivity contribution is 5.85. The first-order valence-corrected chi connectivity index (χ1v) is 10.6. The van der Waals surface area contributed by atoms with Gasteiger partial charge in [0.2, 0.25) is 0 Å². The van der Waals surface area contributed by atoms with E-state index in [1.165, 1.54) is 31.7 Å². The van der Waals surface area contributed by atoms with Crippen molar-refractivity contribution < 1.29 is 8.78 Å². The second-order valence-corrected chi connectivity index (χ2v) is 8.91. The Labute approximate surface area is 161 Å². The topological polar surface area (TPSA) is 0 Å². The fourth-order valence-corrected chi connectivity index (χ4v) is 5.54. The molecule has 27 heavy (non-hydrogen) atoms. The molecule has 2 aromatic carbocycles. The summed E-state index contributed by atoms with van der Waals surface area (Å²) in [5.41, 5.74) is 1.45. The molecule has 4 rings (SSSR count). The lowest BCUT2D eigenvalue weighted by atomic mass is 9.64. The molecule has 2 aromatic rings. The van der Waals surface area contributed by atoms with E-state index in [2.05, 4.69) is 13.5 Å². The van der Waals surface area contributed by atoms with Gasteiger partial charge in [-0.2, -0.15) is 0 Å². The van der Waals surface area contributed by atoms with Crippen molar-refractivity contribution in [3.05, 3.63) is 59.7 Å². The Kier molecular flexibility index (Phi) is 5.34. The molecule has 2 fully saturated rings. The lowest BCUT2D eigenvalue weighted by molar-refractivity contribution is 0.124. The Balaban J connectivity index is 1.61. The number of rotatable bonds is 4. The maximum atomic E-state index is 15.0. The molecule has 4 atom stereocenters. The summed E-state index contributed by atoms with van der Waals surface area (Å²) < 4.78 is 29.8. The zero-order valence-corrected chi connectivity index (χ0v) is 16.3. The molecule has 2 aliphatic rings. The summed E-state index contributed by atoms with van der Waals surface area (Å²) in [6.07, 6.45) is 10.4. The van der Waals surface area contributed by atoms with Gasteiger partial charge in [0.05, 0.1) is 0 Å². The van der Waals surface area contributed by atoms with Gasteiger partial charge >= 0.3 is 0 Å². The van der Waals surface area contributed by atoms with Gasteiger partial charge in [0.15, 0.2) is 0 Å². The Morgan fingerprint density at radius 2 is 1.81 bits per heavy atom. The van der Waals surface area contributed by atoms with Crippen molar-refractivity contribution in [2.75, 3.05) is 0 Å². The van der Waals surface area contributed by atoms with E-state index in [1.807, 2.05) is 18.2 Å². The second kappa shape index (κ2) is 7.73. The third-order valence-corrected chi connectivity index (χ3v) is 7.08. The zero-order chi connectivity index (χ0) is 19.0. The molecule has 0 nitrogen and oxygen atoms in total. The minimum absolute atomic E-state index is 0.227. The van der Waals surface area contributed by atoms with Crippen LogP contribution >= 0.6 is 0 Å². The molecule has 0 radical (unpaired) electrons. The molecule has 0 saturated heterocycles. The van der Waals surface area contributed by atoms with Crippen molar-refractivity contribution in [1.82, 2.24) is 0 Å². The average Bonchev–Trinajstić information content (AvgIpc) is 2.67. The second-order valence-electron chi connectivity index (χ2n) is 8.91. The molecule has 0 aromatic heterocycles. The average molecular weight is 369 g/mol. The molecule has 0 spiro atoms. The number of hydrogen-bond donors (Lipinski definition) is 0. The Hall–Kier alpha value is -1.70. The molecule has 144 valence electrons. The van der Waals surface area contributed by atoms with Crippen molar-refractivity contribution in [3.63, 3.8) is 0 Å². The summed E-state index contributed by atoms with van der Waals surface area (Å²) in [4.78, 5) is 0. The van der Waals surface area contributed by atoms with Crippen LogP contribution in [-0.2, 0) is 6.42 Å². The monoisotopic (exact) mass is 368 g/mol. The van der Waals surface area contributed by atoms with E-state index in [9.17, 15) is 8.78 Å². The van der Waals surface area contributed by atoms with E-state index in [1.54, 1.807) is 6.08 Å². The van der Waals surface area contributed by atoms with Crippen molar-refractivity contribution in [3.8, 4) is 0 Å². The maximum Gasteiger partial charge on any atom is 0.134 e. The van der Waals surface area contributed by atoms with E-state index in [0.717, 1.165) is 48.0 Å². The summed E-state index contributed by atoms with van der Waals surface area (Å²) in [5.74, 6) is 2.21. The first kappa shape index (κ1) is 18.7. The number of fused-ring (bicyclic) bond motifs is 2. The van der Waals surface area contributed by atoms with Gasteiger partial charge in [-0.1, -0.05) is 31.6 Å². The van der Waals surface area contributed by atoms with Gasteiger partial charge in [-0.25, -0.2) is 8.78 Å². The zero-order valence-electron chi connectivity index (χ0n) is 16.3. The molecule has 2 aliphatic carbocycles. The minimum Gasteiger partial charge on any atom is -0.207 e. The maximum absolute atomic E-state index is 15.0. The predicted molar refractivity (Wildman–Crippen MR) is 109 cm³/mol. The Morgan fingerprint density at radius 3 is 2.63 bits per heavy atom. The van der Waals surface area contributed by atoms with E-state index in [4.69, 9.17) is 0 Å². The highest BCUT2D eigenvalue weighted by Gasteiger charge is 2.35. The van der Waals surface area contributed by atoms with Gasteiger partial charge in [-0.3, -0.25) is 0 Å². The van der Waals surface area contributed by atoms with Gasteiger partial charge in [-0.15, -0.1) is 6.58 Å². The van der Waals surface area contributed by atoms with E-state index in [-0.39, 0.29) is 17.6 Å². The Morgan fingerprint density at radius 1 is 1.04 bits per heavy atom. The first-order chi connectivity index (χ1) is 13.1. The van der Waals surface area contributed by atoms with Crippen LogP contribution in [0.3, 0.4) is 0 Å². The smallest absolute Gasteiger partial charge is 0.134 e. The largest absolute Gasteiger partial charge is 0.207 e. The fourth-order valence-electron chi connectivity index (χ4n) is 5.54. The highest BCUT2D eigenvalue weighted by Crippen LogP contribution is 2.48. The number of halogens is 2. The molecule has 0 N–H and O–H groups in total. The number of allylic oxidation sites excluding steroid dienone is 1. The third kappa shape index (κ3) is 3.68. The molecule has 2 heteroatoms. The van der Waals surface area contributed by atoms with Crippen LogP contribution in [0.5, 0.6) is 0 Å².